The lowest BCUT2D eigenvalue weighted by Gasteiger charge is -2.13. The third kappa shape index (κ3) is 1.91. The average molecular weight is 290 g/mol. The molecule has 0 amide bonds. The molecule has 0 atom stereocenters. The quantitative estimate of drug-likeness (QED) is 0.597. The fourth-order valence-electron chi connectivity index (χ4n) is 2.96. The molecule has 0 unspecified atom stereocenters. The van der Waals surface area contributed by atoms with Crippen LogP contribution in [0.4, 0.5) is 0 Å². The van der Waals surface area contributed by atoms with Crippen LogP contribution < -0.4 is 0 Å². The van der Waals surface area contributed by atoms with Gasteiger partial charge in [-0.1, -0.05) is 13.8 Å². The van der Waals surface area contributed by atoms with Crippen molar-refractivity contribution in [2.24, 2.45) is 0 Å². The third-order valence-corrected chi connectivity index (χ3v) is 4.09. The van der Waals surface area contributed by atoms with Crippen LogP contribution in [0.5, 0.6) is 0 Å². The molecule has 1 N–H and O–H groups in total. The molecule has 0 saturated heterocycles. The number of nitrogens with one attached hydrogen (secondary N) is 1. The number of aromatic nitrogens is 4. The van der Waals surface area contributed by atoms with E-state index >= 15 is 0 Å². The number of hydrogen-bond acceptors (Lipinski definition) is 2. The lowest BCUT2D eigenvalue weighted by molar-refractivity contribution is 0.793. The molecule has 3 heterocycles. The van der Waals surface area contributed by atoms with Gasteiger partial charge in [0.15, 0.2) is 0 Å². The molecule has 110 valence electrons. The maximum Gasteiger partial charge on any atom is 0.144 e. The zero-order valence-corrected chi connectivity index (χ0v) is 13.0. The highest BCUT2D eigenvalue weighted by atomic mass is 15.1. The van der Waals surface area contributed by atoms with Gasteiger partial charge in [0.2, 0.25) is 0 Å². The van der Waals surface area contributed by atoms with Crippen LogP contribution in [0.15, 0.2) is 42.6 Å². The normalized spacial score (nSPS) is 11.8. The summed E-state index contributed by atoms with van der Waals surface area (Å²) in [5.74, 6) is 0.426. The molecular weight excluding hydrogens is 272 g/mol. The van der Waals surface area contributed by atoms with Crippen LogP contribution in [-0.4, -0.2) is 19.7 Å². The van der Waals surface area contributed by atoms with E-state index in [0.29, 0.717) is 5.92 Å². The summed E-state index contributed by atoms with van der Waals surface area (Å²) in [6.07, 6.45) is 1.86. The summed E-state index contributed by atoms with van der Waals surface area (Å²) in [5, 5.41) is 9.40. The summed E-state index contributed by atoms with van der Waals surface area (Å²) in [6, 6.07) is 12.8. The fraction of sp³-hybridized carbons (Fsp3) is 0.222. The van der Waals surface area contributed by atoms with Crippen molar-refractivity contribution in [3.05, 3.63) is 54.0 Å². The van der Waals surface area contributed by atoms with Crippen LogP contribution in [0, 0.1) is 6.92 Å². The molecule has 0 aliphatic rings. The Labute approximate surface area is 128 Å². The number of fused-ring (bicyclic) bond motifs is 2. The SMILES string of the molecule is Cc1ccc2cc(C(C)C)n(-c3ccc4[nH]ncc4c3)c2n1. The summed E-state index contributed by atoms with van der Waals surface area (Å²) in [6.45, 7) is 6.47. The predicted molar refractivity (Wildman–Crippen MR) is 89.5 cm³/mol. The summed E-state index contributed by atoms with van der Waals surface area (Å²) >= 11 is 0. The summed E-state index contributed by atoms with van der Waals surface area (Å²) in [4.78, 5) is 4.76. The van der Waals surface area contributed by atoms with Gasteiger partial charge in [0, 0.05) is 27.8 Å². The fourth-order valence-corrected chi connectivity index (χ4v) is 2.96. The van der Waals surface area contributed by atoms with Crippen molar-refractivity contribution in [1.82, 2.24) is 19.7 Å². The second-order valence-corrected chi connectivity index (χ2v) is 6.07. The minimum atomic E-state index is 0.426. The molecule has 0 fully saturated rings. The van der Waals surface area contributed by atoms with E-state index in [0.717, 1.165) is 27.9 Å². The molecule has 22 heavy (non-hydrogen) atoms. The Morgan fingerprint density at radius 1 is 1.05 bits per heavy atom. The molecule has 0 radical (unpaired) electrons. The number of hydrogen-bond donors (Lipinski definition) is 1. The van der Waals surface area contributed by atoms with Crippen molar-refractivity contribution in [2.45, 2.75) is 26.7 Å². The van der Waals surface area contributed by atoms with Crippen LogP contribution in [0.1, 0.15) is 31.2 Å². The minimum Gasteiger partial charge on any atom is -0.298 e. The molecule has 0 aliphatic heterocycles. The van der Waals surface area contributed by atoms with Gasteiger partial charge in [0.05, 0.1) is 11.7 Å². The van der Waals surface area contributed by atoms with Gasteiger partial charge in [-0.25, -0.2) is 4.98 Å². The van der Waals surface area contributed by atoms with Gasteiger partial charge in [0.25, 0.3) is 0 Å². The summed E-state index contributed by atoms with van der Waals surface area (Å²) < 4.78 is 2.26. The molecule has 4 aromatic rings. The second kappa shape index (κ2) is 4.70. The van der Waals surface area contributed by atoms with Crippen molar-refractivity contribution >= 4 is 21.9 Å². The van der Waals surface area contributed by atoms with E-state index in [9.17, 15) is 0 Å². The summed E-state index contributed by atoms with van der Waals surface area (Å²) in [7, 11) is 0. The van der Waals surface area contributed by atoms with Gasteiger partial charge in [-0.3, -0.25) is 9.67 Å². The Morgan fingerprint density at radius 3 is 2.73 bits per heavy atom. The smallest absolute Gasteiger partial charge is 0.144 e. The van der Waals surface area contributed by atoms with E-state index in [1.54, 1.807) is 0 Å². The molecule has 0 saturated carbocycles. The monoisotopic (exact) mass is 290 g/mol. The first-order valence-electron chi connectivity index (χ1n) is 7.56. The van der Waals surface area contributed by atoms with Crippen LogP contribution in [-0.2, 0) is 0 Å². The van der Waals surface area contributed by atoms with Gasteiger partial charge >= 0.3 is 0 Å². The van der Waals surface area contributed by atoms with Crippen LogP contribution in [0.25, 0.3) is 27.6 Å². The minimum absolute atomic E-state index is 0.426. The maximum absolute atomic E-state index is 4.76. The van der Waals surface area contributed by atoms with Crippen molar-refractivity contribution in [3.63, 3.8) is 0 Å². The molecule has 1 aromatic carbocycles. The van der Waals surface area contributed by atoms with E-state index in [4.69, 9.17) is 4.98 Å². The van der Waals surface area contributed by atoms with Crippen LogP contribution in [0.3, 0.4) is 0 Å². The van der Waals surface area contributed by atoms with E-state index in [-0.39, 0.29) is 0 Å². The van der Waals surface area contributed by atoms with Gasteiger partial charge in [0.1, 0.15) is 5.65 Å². The van der Waals surface area contributed by atoms with Gasteiger partial charge < -0.3 is 0 Å². The zero-order valence-electron chi connectivity index (χ0n) is 13.0. The van der Waals surface area contributed by atoms with Gasteiger partial charge in [-0.05, 0) is 49.2 Å². The van der Waals surface area contributed by atoms with Crippen molar-refractivity contribution in [3.8, 4) is 5.69 Å². The number of aromatic amines is 1. The van der Waals surface area contributed by atoms with Crippen molar-refractivity contribution in [2.75, 3.05) is 0 Å². The molecule has 4 heteroatoms. The molecule has 4 nitrogen and oxygen atoms in total. The van der Waals surface area contributed by atoms with E-state index in [1.165, 1.54) is 11.1 Å². The molecule has 0 aliphatic carbocycles. The van der Waals surface area contributed by atoms with Crippen molar-refractivity contribution in [1.29, 1.82) is 0 Å². The number of benzene rings is 1. The Bertz CT molecular complexity index is 975. The topological polar surface area (TPSA) is 46.5 Å². The lowest BCUT2D eigenvalue weighted by Crippen LogP contribution is -2.02. The average Bonchev–Trinajstić information content (AvgIpc) is 3.09. The number of rotatable bonds is 2. The zero-order chi connectivity index (χ0) is 15.3. The van der Waals surface area contributed by atoms with E-state index < -0.39 is 0 Å². The number of H-pyrrole nitrogens is 1. The van der Waals surface area contributed by atoms with Gasteiger partial charge in [-0.15, -0.1) is 0 Å². The van der Waals surface area contributed by atoms with Crippen LogP contribution in [0.2, 0.25) is 0 Å². The lowest BCUT2D eigenvalue weighted by atomic mass is 10.1. The first-order chi connectivity index (χ1) is 10.6. The molecule has 0 bridgehead atoms. The molecule has 0 spiro atoms. The summed E-state index contributed by atoms with van der Waals surface area (Å²) in [5.41, 5.74) is 5.51. The molecule has 3 aromatic heterocycles. The Morgan fingerprint density at radius 2 is 1.91 bits per heavy atom. The predicted octanol–water partition coefficient (Wildman–Crippen LogP) is 4.33. The van der Waals surface area contributed by atoms with E-state index in [1.807, 2.05) is 13.1 Å². The second-order valence-electron chi connectivity index (χ2n) is 6.07. The number of pyridine rings is 1. The largest absolute Gasteiger partial charge is 0.298 e. The third-order valence-electron chi connectivity index (χ3n) is 4.09. The standard InChI is InChI=1S/C18H18N4/c1-11(2)17-9-13-5-4-12(3)20-18(13)22(17)15-6-7-16-14(8-15)10-19-21-16/h4-11H,1-3H3,(H,19,21). The van der Waals surface area contributed by atoms with Gasteiger partial charge in [-0.2, -0.15) is 5.10 Å². The highest BCUT2D eigenvalue weighted by Gasteiger charge is 2.15. The Kier molecular flexibility index (Phi) is 2.79. The highest BCUT2D eigenvalue weighted by molar-refractivity contribution is 5.84. The maximum atomic E-state index is 4.76. The molecular formula is C18H18N4. The Hall–Kier alpha value is -2.62. The van der Waals surface area contributed by atoms with Crippen molar-refractivity contribution < 1.29 is 0 Å². The Balaban J connectivity index is 2.06. The number of nitrogens with zero attached hydrogens (tertiary/aromatic N) is 3. The number of aryl methyl sites for hydroxylation is 1. The highest BCUT2D eigenvalue weighted by Crippen LogP contribution is 2.29. The first kappa shape index (κ1) is 13.1. The molecule has 4 rings (SSSR count). The van der Waals surface area contributed by atoms with E-state index in [2.05, 4.69) is 65.0 Å². The van der Waals surface area contributed by atoms with Crippen LogP contribution >= 0.6 is 0 Å². The first-order valence-corrected chi connectivity index (χ1v) is 7.56.